The van der Waals surface area contributed by atoms with Gasteiger partial charge in [-0.05, 0) is 43.4 Å². The summed E-state index contributed by atoms with van der Waals surface area (Å²) in [5.41, 5.74) is 4.70. The van der Waals surface area contributed by atoms with Gasteiger partial charge in [0.25, 0.3) is 0 Å². The molecule has 0 amide bonds. The summed E-state index contributed by atoms with van der Waals surface area (Å²) in [6.07, 6.45) is 7.69. The van der Waals surface area contributed by atoms with Crippen molar-refractivity contribution in [1.82, 2.24) is 14.7 Å². The number of ether oxygens (including phenoxy) is 1. The van der Waals surface area contributed by atoms with E-state index in [-0.39, 0.29) is 6.10 Å². The first-order valence-electron chi connectivity index (χ1n) is 10.3. The van der Waals surface area contributed by atoms with Crippen LogP contribution in [0.5, 0.6) is 5.75 Å². The van der Waals surface area contributed by atoms with E-state index in [2.05, 4.69) is 35.1 Å². The van der Waals surface area contributed by atoms with Crippen LogP contribution in [0.3, 0.4) is 0 Å². The Balaban J connectivity index is 1.51. The molecule has 1 aliphatic carbocycles. The molecule has 0 radical (unpaired) electrons. The maximum atomic E-state index is 10.9. The van der Waals surface area contributed by atoms with Crippen LogP contribution in [-0.4, -0.2) is 32.9 Å². The molecule has 0 spiro atoms. The maximum Gasteiger partial charge on any atom is 0.123 e. The minimum atomic E-state index is -0.354. The zero-order chi connectivity index (χ0) is 18.8. The molecule has 0 bridgehead atoms. The Kier molecular flexibility index (Phi) is 5.50. The van der Waals surface area contributed by atoms with E-state index < -0.39 is 0 Å². The van der Waals surface area contributed by atoms with Crippen molar-refractivity contribution < 1.29 is 9.84 Å². The fourth-order valence-corrected chi connectivity index (χ4v) is 4.45. The van der Waals surface area contributed by atoms with Gasteiger partial charge in [-0.3, -0.25) is 9.58 Å². The summed E-state index contributed by atoms with van der Waals surface area (Å²) >= 11 is 0. The molecule has 1 unspecified atom stereocenters. The molecule has 1 fully saturated rings. The van der Waals surface area contributed by atoms with Crippen molar-refractivity contribution in [3.05, 3.63) is 46.8 Å². The van der Waals surface area contributed by atoms with Crippen molar-refractivity contribution in [3.63, 3.8) is 0 Å². The average Bonchev–Trinajstić information content (AvgIpc) is 2.90. The predicted octanol–water partition coefficient (Wildman–Crippen LogP) is 3.74. The van der Waals surface area contributed by atoms with Gasteiger partial charge in [0.15, 0.2) is 0 Å². The smallest absolute Gasteiger partial charge is 0.123 e. The number of aromatic nitrogens is 2. The van der Waals surface area contributed by atoms with Crippen molar-refractivity contribution >= 4 is 0 Å². The SMILES string of the molecule is Cc1c(CN2CCOc3ccc(C(O)C4CCCCC4)cc3C2)cnn1C. The number of aryl methyl sites for hydroxylation is 1. The van der Waals surface area contributed by atoms with Gasteiger partial charge in [0.05, 0.1) is 12.3 Å². The molecule has 146 valence electrons. The molecule has 1 atom stereocenters. The lowest BCUT2D eigenvalue weighted by Crippen LogP contribution is -2.25. The van der Waals surface area contributed by atoms with E-state index in [9.17, 15) is 5.11 Å². The molecule has 1 saturated carbocycles. The Bertz CT molecular complexity index is 780. The molecular weight excluding hydrogens is 338 g/mol. The summed E-state index contributed by atoms with van der Waals surface area (Å²) in [6.45, 7) is 5.41. The van der Waals surface area contributed by atoms with E-state index in [0.29, 0.717) is 12.5 Å². The van der Waals surface area contributed by atoms with E-state index >= 15 is 0 Å². The molecular formula is C22H31N3O2. The first kappa shape index (κ1) is 18.5. The summed E-state index contributed by atoms with van der Waals surface area (Å²) in [6, 6.07) is 6.28. The van der Waals surface area contributed by atoms with Gasteiger partial charge in [-0.15, -0.1) is 0 Å². The standard InChI is InChI=1S/C22H31N3O2/c1-16-20(13-23-24(16)2)15-25-10-11-27-21-9-8-18(12-19(21)14-25)22(26)17-6-4-3-5-7-17/h8-9,12-13,17,22,26H,3-7,10-11,14-15H2,1-2H3. The van der Waals surface area contributed by atoms with E-state index in [1.54, 1.807) is 0 Å². The zero-order valence-corrected chi connectivity index (χ0v) is 16.5. The van der Waals surface area contributed by atoms with Crippen LogP contribution >= 0.6 is 0 Å². The van der Waals surface area contributed by atoms with Crippen molar-refractivity contribution in [2.45, 2.75) is 58.2 Å². The number of aliphatic hydroxyl groups is 1. The molecule has 2 aromatic rings. The molecule has 5 heteroatoms. The maximum absolute atomic E-state index is 10.9. The first-order valence-corrected chi connectivity index (χ1v) is 10.3. The van der Waals surface area contributed by atoms with Crippen molar-refractivity contribution in [2.24, 2.45) is 13.0 Å². The quantitative estimate of drug-likeness (QED) is 0.892. The molecule has 27 heavy (non-hydrogen) atoms. The van der Waals surface area contributed by atoms with Crippen LogP contribution in [0.4, 0.5) is 0 Å². The fraction of sp³-hybridized carbons (Fsp3) is 0.591. The Hall–Kier alpha value is -1.85. The van der Waals surface area contributed by atoms with Crippen LogP contribution in [0.2, 0.25) is 0 Å². The summed E-state index contributed by atoms with van der Waals surface area (Å²) in [7, 11) is 1.98. The lowest BCUT2D eigenvalue weighted by Gasteiger charge is -2.27. The van der Waals surface area contributed by atoms with E-state index in [4.69, 9.17) is 4.74 Å². The molecule has 5 nitrogen and oxygen atoms in total. The van der Waals surface area contributed by atoms with Crippen molar-refractivity contribution in [2.75, 3.05) is 13.2 Å². The Morgan fingerprint density at radius 3 is 2.81 bits per heavy atom. The van der Waals surface area contributed by atoms with Gasteiger partial charge in [0, 0.05) is 43.5 Å². The zero-order valence-electron chi connectivity index (χ0n) is 16.5. The average molecular weight is 370 g/mol. The van der Waals surface area contributed by atoms with Gasteiger partial charge in [0.2, 0.25) is 0 Å². The Labute approximate surface area is 161 Å². The number of nitrogens with zero attached hydrogens (tertiary/aromatic N) is 3. The molecule has 2 aliphatic rings. The van der Waals surface area contributed by atoms with E-state index in [1.165, 1.54) is 36.1 Å². The van der Waals surface area contributed by atoms with Crippen molar-refractivity contribution in [3.8, 4) is 5.75 Å². The van der Waals surface area contributed by atoms with Crippen LogP contribution in [0, 0.1) is 12.8 Å². The highest BCUT2D eigenvalue weighted by Crippen LogP contribution is 2.36. The number of benzene rings is 1. The molecule has 2 heterocycles. The minimum Gasteiger partial charge on any atom is -0.492 e. The highest BCUT2D eigenvalue weighted by molar-refractivity contribution is 5.39. The molecule has 1 aromatic carbocycles. The van der Waals surface area contributed by atoms with Crippen LogP contribution < -0.4 is 4.74 Å². The normalized spacial score (nSPS) is 20.0. The molecule has 4 rings (SSSR count). The van der Waals surface area contributed by atoms with Crippen molar-refractivity contribution in [1.29, 1.82) is 0 Å². The van der Waals surface area contributed by atoms with Gasteiger partial charge >= 0.3 is 0 Å². The lowest BCUT2D eigenvalue weighted by molar-refractivity contribution is 0.0847. The third kappa shape index (κ3) is 4.04. The second-order valence-electron chi connectivity index (χ2n) is 8.15. The first-order chi connectivity index (χ1) is 13.1. The third-order valence-electron chi connectivity index (χ3n) is 6.31. The van der Waals surface area contributed by atoms with E-state index in [1.807, 2.05) is 17.9 Å². The van der Waals surface area contributed by atoms with E-state index in [0.717, 1.165) is 43.8 Å². The summed E-state index contributed by atoms with van der Waals surface area (Å²) in [5.74, 6) is 1.36. The highest BCUT2D eigenvalue weighted by Gasteiger charge is 2.25. The number of hydrogen-bond donors (Lipinski definition) is 1. The Morgan fingerprint density at radius 2 is 2.07 bits per heavy atom. The van der Waals surface area contributed by atoms with Crippen LogP contribution in [0.1, 0.15) is 60.6 Å². The number of rotatable bonds is 4. The van der Waals surface area contributed by atoms with Gasteiger partial charge in [-0.25, -0.2) is 0 Å². The topological polar surface area (TPSA) is 50.5 Å². The van der Waals surface area contributed by atoms with Gasteiger partial charge in [-0.1, -0.05) is 25.3 Å². The molecule has 1 N–H and O–H groups in total. The molecule has 0 saturated heterocycles. The second kappa shape index (κ2) is 8.03. The van der Waals surface area contributed by atoms with Gasteiger partial charge in [-0.2, -0.15) is 5.10 Å². The third-order valence-corrected chi connectivity index (χ3v) is 6.31. The number of fused-ring (bicyclic) bond motifs is 1. The summed E-state index contributed by atoms with van der Waals surface area (Å²) in [4.78, 5) is 2.41. The second-order valence-corrected chi connectivity index (χ2v) is 8.15. The number of aliphatic hydroxyl groups excluding tert-OH is 1. The number of hydrogen-bond acceptors (Lipinski definition) is 4. The molecule has 1 aromatic heterocycles. The highest BCUT2D eigenvalue weighted by atomic mass is 16.5. The lowest BCUT2D eigenvalue weighted by atomic mass is 9.82. The Morgan fingerprint density at radius 1 is 1.26 bits per heavy atom. The largest absolute Gasteiger partial charge is 0.492 e. The minimum absolute atomic E-state index is 0.354. The van der Waals surface area contributed by atoms with Crippen LogP contribution in [0.25, 0.3) is 0 Å². The summed E-state index contributed by atoms with van der Waals surface area (Å²) < 4.78 is 7.91. The predicted molar refractivity (Wildman–Crippen MR) is 106 cm³/mol. The molecule has 1 aliphatic heterocycles. The van der Waals surface area contributed by atoms with Gasteiger partial charge in [0.1, 0.15) is 12.4 Å². The fourth-order valence-electron chi connectivity index (χ4n) is 4.45. The van der Waals surface area contributed by atoms with Gasteiger partial charge < -0.3 is 9.84 Å². The monoisotopic (exact) mass is 369 g/mol. The van der Waals surface area contributed by atoms with Crippen LogP contribution in [-0.2, 0) is 20.1 Å². The summed E-state index contributed by atoms with van der Waals surface area (Å²) in [5, 5.41) is 15.3. The van der Waals surface area contributed by atoms with Crippen LogP contribution in [0.15, 0.2) is 24.4 Å².